The second-order valence-electron chi connectivity index (χ2n) is 5.45. The Morgan fingerprint density at radius 2 is 1.74 bits per heavy atom. The van der Waals surface area contributed by atoms with Crippen LogP contribution in [0.1, 0.15) is 24.2 Å². The van der Waals surface area contributed by atoms with Crippen LogP contribution < -0.4 is 0 Å². The Morgan fingerprint density at radius 3 is 2.39 bits per heavy atom. The van der Waals surface area contributed by atoms with Crippen molar-refractivity contribution in [3.05, 3.63) is 47.8 Å². The summed E-state index contributed by atoms with van der Waals surface area (Å²) in [4.78, 5) is 2.45. The van der Waals surface area contributed by atoms with Crippen molar-refractivity contribution < 1.29 is 4.74 Å². The lowest BCUT2D eigenvalue weighted by molar-refractivity contribution is 0.0198. The number of ether oxygens (including phenoxy) is 1. The SMILES string of the molecule is Cc1nncc(C(C)N2CCOCC2)c1-c1ccccc1.Cl.Cl. The van der Waals surface area contributed by atoms with Crippen molar-refractivity contribution in [1.29, 1.82) is 0 Å². The molecule has 6 heteroatoms. The molecule has 0 aliphatic carbocycles. The smallest absolute Gasteiger partial charge is 0.0681 e. The lowest BCUT2D eigenvalue weighted by Crippen LogP contribution is -2.38. The van der Waals surface area contributed by atoms with Gasteiger partial charge in [0.2, 0.25) is 0 Å². The van der Waals surface area contributed by atoms with Crippen LogP contribution in [0.2, 0.25) is 0 Å². The van der Waals surface area contributed by atoms with Crippen LogP contribution in [0.15, 0.2) is 36.5 Å². The van der Waals surface area contributed by atoms with Crippen LogP contribution in [0.25, 0.3) is 11.1 Å². The van der Waals surface area contributed by atoms with E-state index in [1.807, 2.05) is 19.2 Å². The van der Waals surface area contributed by atoms with E-state index >= 15 is 0 Å². The van der Waals surface area contributed by atoms with Crippen molar-refractivity contribution in [2.24, 2.45) is 0 Å². The van der Waals surface area contributed by atoms with E-state index in [4.69, 9.17) is 4.74 Å². The monoisotopic (exact) mass is 355 g/mol. The van der Waals surface area contributed by atoms with Gasteiger partial charge in [-0.25, -0.2) is 0 Å². The van der Waals surface area contributed by atoms with Crippen molar-refractivity contribution in [2.45, 2.75) is 19.9 Å². The summed E-state index contributed by atoms with van der Waals surface area (Å²) in [6.45, 7) is 7.83. The van der Waals surface area contributed by atoms with Crippen LogP contribution in [-0.2, 0) is 4.74 Å². The van der Waals surface area contributed by atoms with Crippen LogP contribution in [0.3, 0.4) is 0 Å². The van der Waals surface area contributed by atoms with Gasteiger partial charge in [0.1, 0.15) is 0 Å². The second kappa shape index (κ2) is 9.18. The van der Waals surface area contributed by atoms with Gasteiger partial charge in [0, 0.05) is 24.7 Å². The molecule has 23 heavy (non-hydrogen) atoms. The summed E-state index contributed by atoms with van der Waals surface area (Å²) >= 11 is 0. The molecular formula is C17H23Cl2N3O. The highest BCUT2D eigenvalue weighted by molar-refractivity contribution is 5.85. The van der Waals surface area contributed by atoms with Crippen LogP contribution in [0, 0.1) is 6.92 Å². The summed E-state index contributed by atoms with van der Waals surface area (Å²) in [5.41, 5.74) is 4.65. The average molecular weight is 356 g/mol. The lowest BCUT2D eigenvalue weighted by Gasteiger charge is -2.33. The Hall–Kier alpha value is -1.20. The molecule has 126 valence electrons. The van der Waals surface area contributed by atoms with Crippen molar-refractivity contribution in [1.82, 2.24) is 15.1 Å². The number of nitrogens with zero attached hydrogens (tertiary/aromatic N) is 3. The molecule has 1 aliphatic heterocycles. The fourth-order valence-electron chi connectivity index (χ4n) is 2.96. The van der Waals surface area contributed by atoms with Crippen LogP contribution in [-0.4, -0.2) is 41.4 Å². The molecule has 2 aromatic rings. The van der Waals surface area contributed by atoms with E-state index in [-0.39, 0.29) is 24.8 Å². The van der Waals surface area contributed by atoms with Crippen molar-refractivity contribution in [3.8, 4) is 11.1 Å². The number of morpholine rings is 1. The number of hydrogen-bond acceptors (Lipinski definition) is 4. The molecule has 4 nitrogen and oxygen atoms in total. The molecule has 1 saturated heterocycles. The molecule has 0 spiro atoms. The minimum absolute atomic E-state index is 0. The first-order chi connectivity index (χ1) is 10.3. The topological polar surface area (TPSA) is 38.2 Å². The summed E-state index contributed by atoms with van der Waals surface area (Å²) in [6, 6.07) is 10.8. The third kappa shape index (κ3) is 4.42. The molecule has 0 N–H and O–H groups in total. The second-order valence-corrected chi connectivity index (χ2v) is 5.45. The van der Waals surface area contributed by atoms with Gasteiger partial charge in [-0.2, -0.15) is 10.2 Å². The predicted molar refractivity (Wildman–Crippen MR) is 97.5 cm³/mol. The highest BCUT2D eigenvalue weighted by Gasteiger charge is 2.22. The van der Waals surface area contributed by atoms with Gasteiger partial charge in [-0.1, -0.05) is 30.3 Å². The normalized spacial score (nSPS) is 16.1. The van der Waals surface area contributed by atoms with E-state index in [1.165, 1.54) is 16.7 Å². The Kier molecular flexibility index (Phi) is 7.92. The molecule has 1 unspecified atom stereocenters. The largest absolute Gasteiger partial charge is 0.379 e. The summed E-state index contributed by atoms with van der Waals surface area (Å²) < 4.78 is 5.45. The number of hydrogen-bond donors (Lipinski definition) is 0. The molecule has 0 amide bonds. The minimum Gasteiger partial charge on any atom is -0.379 e. The Balaban J connectivity index is 0.00000132. The fraction of sp³-hybridized carbons (Fsp3) is 0.412. The number of halogens is 2. The first-order valence-electron chi connectivity index (χ1n) is 7.47. The quantitative estimate of drug-likeness (QED) is 0.841. The maximum absolute atomic E-state index is 5.45. The number of aryl methyl sites for hydroxylation is 1. The molecular weight excluding hydrogens is 333 g/mol. The molecule has 1 atom stereocenters. The summed E-state index contributed by atoms with van der Waals surface area (Å²) in [6.07, 6.45) is 1.91. The van der Waals surface area contributed by atoms with Gasteiger partial charge < -0.3 is 4.74 Å². The van der Waals surface area contributed by atoms with Gasteiger partial charge in [-0.15, -0.1) is 24.8 Å². The Morgan fingerprint density at radius 1 is 1.09 bits per heavy atom. The molecule has 2 heterocycles. The molecule has 1 aliphatic rings. The molecule has 1 aromatic carbocycles. The van der Waals surface area contributed by atoms with Gasteiger partial charge in [0.25, 0.3) is 0 Å². The molecule has 3 rings (SSSR count). The summed E-state index contributed by atoms with van der Waals surface area (Å²) in [5, 5.41) is 8.43. The average Bonchev–Trinajstić information content (AvgIpc) is 2.55. The highest BCUT2D eigenvalue weighted by Crippen LogP contribution is 2.32. The van der Waals surface area contributed by atoms with Crippen molar-refractivity contribution in [3.63, 3.8) is 0 Å². The molecule has 0 bridgehead atoms. The molecule has 0 radical (unpaired) electrons. The molecule has 1 aromatic heterocycles. The van der Waals surface area contributed by atoms with Crippen molar-refractivity contribution in [2.75, 3.05) is 26.3 Å². The van der Waals surface area contributed by atoms with E-state index < -0.39 is 0 Å². The maximum Gasteiger partial charge on any atom is 0.0681 e. The third-order valence-corrected chi connectivity index (χ3v) is 4.16. The maximum atomic E-state index is 5.45. The zero-order chi connectivity index (χ0) is 14.7. The number of benzene rings is 1. The number of rotatable bonds is 3. The standard InChI is InChI=1S/C17H21N3O.2ClH/c1-13-17(15-6-4-3-5-7-15)16(12-18-19-13)14(2)20-8-10-21-11-9-20;;/h3-7,12,14H,8-11H2,1-2H3;2*1H. The zero-order valence-corrected chi connectivity index (χ0v) is 15.1. The van der Waals surface area contributed by atoms with Gasteiger partial charge in [-0.05, 0) is 25.0 Å². The summed E-state index contributed by atoms with van der Waals surface area (Å²) in [7, 11) is 0. The van der Waals surface area contributed by atoms with Crippen LogP contribution in [0.5, 0.6) is 0 Å². The van der Waals surface area contributed by atoms with E-state index in [2.05, 4.69) is 46.3 Å². The summed E-state index contributed by atoms with van der Waals surface area (Å²) in [5.74, 6) is 0. The Labute approximate surface area is 150 Å². The minimum atomic E-state index is 0. The van der Waals surface area contributed by atoms with E-state index in [0.29, 0.717) is 6.04 Å². The Bertz CT molecular complexity index is 604. The molecule has 1 fully saturated rings. The van der Waals surface area contributed by atoms with Crippen LogP contribution in [0.4, 0.5) is 0 Å². The first-order valence-corrected chi connectivity index (χ1v) is 7.47. The third-order valence-electron chi connectivity index (χ3n) is 4.16. The van der Waals surface area contributed by atoms with Gasteiger partial charge in [-0.3, -0.25) is 4.90 Å². The van der Waals surface area contributed by atoms with E-state index in [0.717, 1.165) is 32.0 Å². The van der Waals surface area contributed by atoms with Gasteiger partial charge in [0.05, 0.1) is 25.1 Å². The number of aromatic nitrogens is 2. The van der Waals surface area contributed by atoms with Crippen molar-refractivity contribution >= 4 is 24.8 Å². The van der Waals surface area contributed by atoms with Gasteiger partial charge in [0.15, 0.2) is 0 Å². The van der Waals surface area contributed by atoms with Gasteiger partial charge >= 0.3 is 0 Å². The van der Waals surface area contributed by atoms with E-state index in [9.17, 15) is 0 Å². The zero-order valence-electron chi connectivity index (χ0n) is 13.4. The fourth-order valence-corrected chi connectivity index (χ4v) is 2.96. The highest BCUT2D eigenvalue weighted by atomic mass is 35.5. The van der Waals surface area contributed by atoms with Crippen LogP contribution >= 0.6 is 24.8 Å². The lowest BCUT2D eigenvalue weighted by atomic mass is 9.95. The molecule has 0 saturated carbocycles. The first kappa shape index (κ1) is 19.8. The predicted octanol–water partition coefficient (Wildman–Crippen LogP) is 3.69. The van der Waals surface area contributed by atoms with E-state index in [1.54, 1.807) is 0 Å².